The molecule has 2 heterocycles. The summed E-state index contributed by atoms with van der Waals surface area (Å²) in [5.41, 5.74) is 0.546. The molecule has 13 heavy (non-hydrogen) atoms. The van der Waals surface area contributed by atoms with E-state index in [0.29, 0.717) is 11.5 Å². The van der Waals surface area contributed by atoms with Crippen LogP contribution in [-0.2, 0) is 4.79 Å². The van der Waals surface area contributed by atoms with E-state index in [9.17, 15) is 4.79 Å². The predicted molar refractivity (Wildman–Crippen MR) is 45.0 cm³/mol. The van der Waals surface area contributed by atoms with Crippen molar-refractivity contribution in [2.45, 2.75) is 0 Å². The lowest BCUT2D eigenvalue weighted by atomic mass is 10.3. The first-order valence-electron chi connectivity index (χ1n) is 3.59. The Kier molecular flexibility index (Phi) is 1.63. The number of hydrogen-bond acceptors (Lipinski definition) is 3. The first-order valence-corrected chi connectivity index (χ1v) is 3.59. The number of fused-ring (bicyclic) bond motifs is 1. The minimum absolute atomic E-state index is 0.492. The van der Waals surface area contributed by atoms with Gasteiger partial charge in [-0.2, -0.15) is 5.10 Å². The van der Waals surface area contributed by atoms with Crippen LogP contribution >= 0.6 is 0 Å². The molecule has 0 radical (unpaired) electrons. The van der Waals surface area contributed by atoms with Crippen molar-refractivity contribution in [1.82, 2.24) is 10.2 Å². The Balaban J connectivity index is 2.34. The molecule has 0 atom stereocenters. The molecule has 0 bridgehead atoms. The number of rotatable bonds is 2. The maximum absolute atomic E-state index is 10.2. The van der Waals surface area contributed by atoms with Crippen LogP contribution in [0.25, 0.3) is 17.2 Å². The molecule has 66 valence electrons. The highest BCUT2D eigenvalue weighted by molar-refractivity contribution is 5.86. The van der Waals surface area contributed by atoms with E-state index in [4.69, 9.17) is 9.52 Å². The first-order chi connectivity index (χ1) is 6.25. The van der Waals surface area contributed by atoms with Crippen molar-refractivity contribution in [1.29, 1.82) is 0 Å². The fourth-order valence-electron chi connectivity index (χ4n) is 1.00. The minimum atomic E-state index is -1.00. The molecule has 0 saturated carbocycles. The largest absolute Gasteiger partial charge is 0.478 e. The fourth-order valence-corrected chi connectivity index (χ4v) is 1.00. The van der Waals surface area contributed by atoms with Gasteiger partial charge in [-0.25, -0.2) is 9.89 Å². The molecule has 5 nitrogen and oxygen atoms in total. The molecule has 2 aromatic heterocycles. The summed E-state index contributed by atoms with van der Waals surface area (Å²) in [6.45, 7) is 0. The van der Waals surface area contributed by atoms with E-state index < -0.39 is 5.97 Å². The molecule has 0 saturated heterocycles. The predicted octanol–water partition coefficient (Wildman–Crippen LogP) is 1.25. The van der Waals surface area contributed by atoms with Crippen molar-refractivity contribution in [2.24, 2.45) is 0 Å². The van der Waals surface area contributed by atoms with Crippen molar-refractivity contribution in [2.75, 3.05) is 0 Å². The second-order valence-electron chi connectivity index (χ2n) is 2.47. The molecule has 0 aliphatic heterocycles. The van der Waals surface area contributed by atoms with E-state index in [1.54, 1.807) is 12.3 Å². The number of carboxylic acid groups (broad SMARTS) is 1. The van der Waals surface area contributed by atoms with Crippen LogP contribution in [-0.4, -0.2) is 21.3 Å². The number of carbonyl (C=O) groups is 1. The second kappa shape index (κ2) is 2.78. The van der Waals surface area contributed by atoms with Crippen LogP contribution in [0.4, 0.5) is 0 Å². The zero-order valence-electron chi connectivity index (χ0n) is 6.52. The first kappa shape index (κ1) is 7.60. The van der Waals surface area contributed by atoms with Crippen LogP contribution in [0.3, 0.4) is 0 Å². The average Bonchev–Trinajstić information content (AvgIpc) is 2.58. The standard InChI is InChI=1S/C8H6N2O3/c11-7(12)2-1-6-3-5-4-9-10-8(5)13-6/h1-4H,(H,9,10)(H,11,12). The van der Waals surface area contributed by atoms with Crippen molar-refractivity contribution in [3.05, 3.63) is 24.1 Å². The van der Waals surface area contributed by atoms with Gasteiger partial charge in [0.1, 0.15) is 5.76 Å². The summed E-state index contributed by atoms with van der Waals surface area (Å²) in [5.74, 6) is -0.510. The molecule has 0 spiro atoms. The zero-order chi connectivity index (χ0) is 9.26. The second-order valence-corrected chi connectivity index (χ2v) is 2.47. The van der Waals surface area contributed by atoms with Crippen molar-refractivity contribution in [3.8, 4) is 0 Å². The SMILES string of the molecule is O=C(O)C=Cc1cc2cn[nH]c2o1. The van der Waals surface area contributed by atoms with Gasteiger partial charge in [0, 0.05) is 6.08 Å². The maximum atomic E-state index is 10.2. The maximum Gasteiger partial charge on any atom is 0.328 e. The van der Waals surface area contributed by atoms with E-state index >= 15 is 0 Å². The van der Waals surface area contributed by atoms with E-state index in [0.717, 1.165) is 11.5 Å². The molecule has 2 N–H and O–H groups in total. The van der Waals surface area contributed by atoms with E-state index in [-0.39, 0.29) is 0 Å². The van der Waals surface area contributed by atoms with Crippen LogP contribution < -0.4 is 0 Å². The average molecular weight is 178 g/mol. The topological polar surface area (TPSA) is 79.1 Å². The fraction of sp³-hybridized carbons (Fsp3) is 0. The monoisotopic (exact) mass is 178 g/mol. The summed E-state index contributed by atoms with van der Waals surface area (Å²) in [5, 5.41) is 15.5. The summed E-state index contributed by atoms with van der Waals surface area (Å²) in [7, 11) is 0. The lowest BCUT2D eigenvalue weighted by molar-refractivity contribution is -0.131. The number of nitrogens with zero attached hydrogens (tertiary/aromatic N) is 1. The van der Waals surface area contributed by atoms with E-state index in [1.807, 2.05) is 0 Å². The number of aromatic nitrogens is 2. The summed E-state index contributed by atoms with van der Waals surface area (Å²) < 4.78 is 5.19. The summed E-state index contributed by atoms with van der Waals surface area (Å²) >= 11 is 0. The molecule has 2 rings (SSSR count). The van der Waals surface area contributed by atoms with Gasteiger partial charge in [-0.15, -0.1) is 0 Å². The van der Waals surface area contributed by atoms with Crippen molar-refractivity contribution >= 4 is 23.1 Å². The number of hydrogen-bond donors (Lipinski definition) is 2. The third-order valence-corrected chi connectivity index (χ3v) is 1.54. The Morgan fingerprint density at radius 1 is 1.69 bits per heavy atom. The molecular formula is C8H6N2O3. The molecule has 0 fully saturated rings. The molecule has 0 aromatic carbocycles. The highest BCUT2D eigenvalue weighted by atomic mass is 16.4. The van der Waals surface area contributed by atoms with Crippen molar-refractivity contribution < 1.29 is 14.3 Å². The van der Waals surface area contributed by atoms with Crippen LogP contribution in [0.5, 0.6) is 0 Å². The molecule has 0 unspecified atom stereocenters. The highest BCUT2D eigenvalue weighted by Crippen LogP contribution is 2.16. The van der Waals surface area contributed by atoms with E-state index in [1.165, 1.54) is 6.08 Å². The minimum Gasteiger partial charge on any atom is -0.478 e. The third-order valence-electron chi connectivity index (χ3n) is 1.54. The van der Waals surface area contributed by atoms with Gasteiger partial charge < -0.3 is 9.52 Å². The lowest BCUT2D eigenvalue weighted by Crippen LogP contribution is -1.84. The molecule has 5 heteroatoms. The van der Waals surface area contributed by atoms with E-state index in [2.05, 4.69) is 10.2 Å². The van der Waals surface area contributed by atoms with Crippen LogP contribution in [0.2, 0.25) is 0 Å². The Hall–Kier alpha value is -2.04. The summed E-state index contributed by atoms with van der Waals surface area (Å²) in [4.78, 5) is 10.2. The molecule has 0 amide bonds. The van der Waals surface area contributed by atoms with Crippen LogP contribution in [0.15, 0.2) is 22.8 Å². The van der Waals surface area contributed by atoms with Gasteiger partial charge in [-0.3, -0.25) is 0 Å². The number of H-pyrrole nitrogens is 1. The lowest BCUT2D eigenvalue weighted by Gasteiger charge is -1.80. The number of aliphatic carboxylic acids is 1. The van der Waals surface area contributed by atoms with Gasteiger partial charge in [0.05, 0.1) is 11.6 Å². The van der Waals surface area contributed by atoms with Gasteiger partial charge in [0.2, 0.25) is 5.71 Å². The molecule has 2 aromatic rings. The number of nitrogens with one attached hydrogen (secondary N) is 1. The molecule has 0 aliphatic carbocycles. The number of furan rings is 1. The van der Waals surface area contributed by atoms with Gasteiger partial charge in [0.15, 0.2) is 0 Å². The van der Waals surface area contributed by atoms with Gasteiger partial charge >= 0.3 is 5.97 Å². The Labute approximate surface area is 72.7 Å². The Morgan fingerprint density at radius 3 is 3.23 bits per heavy atom. The number of aromatic amines is 1. The van der Waals surface area contributed by atoms with Gasteiger partial charge in [-0.1, -0.05) is 0 Å². The summed E-state index contributed by atoms with van der Waals surface area (Å²) in [6, 6.07) is 1.71. The quantitative estimate of drug-likeness (QED) is 0.678. The van der Waals surface area contributed by atoms with Crippen LogP contribution in [0, 0.1) is 0 Å². The Morgan fingerprint density at radius 2 is 2.54 bits per heavy atom. The summed E-state index contributed by atoms with van der Waals surface area (Å²) in [6.07, 6.45) is 4.01. The Bertz CT molecular complexity index is 438. The molecular weight excluding hydrogens is 172 g/mol. The highest BCUT2D eigenvalue weighted by Gasteiger charge is 2.01. The van der Waals surface area contributed by atoms with Gasteiger partial charge in [-0.05, 0) is 12.1 Å². The molecule has 0 aliphatic rings. The smallest absolute Gasteiger partial charge is 0.328 e. The number of carboxylic acids is 1. The van der Waals surface area contributed by atoms with Crippen molar-refractivity contribution in [3.63, 3.8) is 0 Å². The van der Waals surface area contributed by atoms with Crippen LogP contribution in [0.1, 0.15) is 5.76 Å². The normalized spacial score (nSPS) is 11.4. The zero-order valence-corrected chi connectivity index (χ0v) is 6.52. The third kappa shape index (κ3) is 1.44. The van der Waals surface area contributed by atoms with Gasteiger partial charge in [0.25, 0.3) is 0 Å².